The number of carbonyl (C=O) groups is 1. The van der Waals surface area contributed by atoms with E-state index < -0.39 is 21.4 Å². The second-order valence-electron chi connectivity index (χ2n) is 5.12. The maximum Gasteiger partial charge on any atom is 0.309 e. The Balaban J connectivity index is 2.16. The number of aromatic nitrogens is 2. The molecule has 0 saturated carbocycles. The van der Waals surface area contributed by atoms with Gasteiger partial charge in [-0.2, -0.15) is 9.40 Å². The molecule has 1 aromatic heterocycles. The standard InChI is InChI=1S/C11H17N3O4S/c1-11(10(15)16)3-5-14(6-4-11)19(17,18)9-7-12-13(2)8-9/h7-8H,3-6H2,1-2H3,(H,15,16). The minimum absolute atomic E-state index is 0.147. The van der Waals surface area contributed by atoms with Gasteiger partial charge in [-0.05, 0) is 19.8 Å². The van der Waals surface area contributed by atoms with Crippen LogP contribution in [0.3, 0.4) is 0 Å². The fraction of sp³-hybridized carbons (Fsp3) is 0.636. The highest BCUT2D eigenvalue weighted by Gasteiger charge is 2.40. The lowest BCUT2D eigenvalue weighted by atomic mass is 9.81. The molecule has 1 aliphatic rings. The van der Waals surface area contributed by atoms with Gasteiger partial charge in [0.1, 0.15) is 4.90 Å². The summed E-state index contributed by atoms with van der Waals surface area (Å²) in [5.41, 5.74) is -0.832. The smallest absolute Gasteiger partial charge is 0.309 e. The van der Waals surface area contributed by atoms with Gasteiger partial charge in [-0.1, -0.05) is 0 Å². The molecule has 8 heteroatoms. The SMILES string of the molecule is Cn1cc(S(=O)(=O)N2CCC(C)(C(=O)O)CC2)cn1. The lowest BCUT2D eigenvalue weighted by Gasteiger charge is -2.35. The van der Waals surface area contributed by atoms with Gasteiger partial charge in [-0.3, -0.25) is 9.48 Å². The quantitative estimate of drug-likeness (QED) is 0.863. The number of rotatable bonds is 3. The molecule has 0 spiro atoms. The maximum absolute atomic E-state index is 12.3. The molecular formula is C11H17N3O4S. The predicted molar refractivity (Wildman–Crippen MR) is 66.9 cm³/mol. The van der Waals surface area contributed by atoms with Crippen LogP contribution in [-0.2, 0) is 21.9 Å². The lowest BCUT2D eigenvalue weighted by molar-refractivity contribution is -0.150. The molecule has 0 bridgehead atoms. The fourth-order valence-electron chi connectivity index (χ4n) is 2.12. The Morgan fingerprint density at radius 2 is 2.00 bits per heavy atom. The molecule has 0 unspecified atom stereocenters. The Bertz CT molecular complexity index is 585. The Morgan fingerprint density at radius 3 is 2.42 bits per heavy atom. The average molecular weight is 287 g/mol. The summed E-state index contributed by atoms with van der Waals surface area (Å²) in [7, 11) is -1.91. The van der Waals surface area contributed by atoms with Crippen LogP contribution in [-0.4, -0.2) is 46.7 Å². The third-order valence-electron chi connectivity index (χ3n) is 3.66. The van der Waals surface area contributed by atoms with Gasteiger partial charge in [0.25, 0.3) is 0 Å². The van der Waals surface area contributed by atoms with Crippen molar-refractivity contribution < 1.29 is 18.3 Å². The first-order valence-corrected chi connectivity index (χ1v) is 7.42. The molecule has 1 fully saturated rings. The molecule has 2 rings (SSSR count). The molecule has 0 aliphatic carbocycles. The molecule has 1 N–H and O–H groups in total. The highest BCUT2D eigenvalue weighted by molar-refractivity contribution is 7.89. The van der Waals surface area contributed by atoms with Crippen molar-refractivity contribution in [3.05, 3.63) is 12.4 Å². The van der Waals surface area contributed by atoms with Crippen molar-refractivity contribution in [3.8, 4) is 0 Å². The Morgan fingerprint density at radius 1 is 1.42 bits per heavy atom. The van der Waals surface area contributed by atoms with Crippen LogP contribution in [0.25, 0.3) is 0 Å². The molecule has 1 aromatic rings. The van der Waals surface area contributed by atoms with E-state index in [2.05, 4.69) is 5.10 Å². The summed E-state index contributed by atoms with van der Waals surface area (Å²) in [6, 6.07) is 0. The summed E-state index contributed by atoms with van der Waals surface area (Å²) in [6.07, 6.45) is 3.39. The normalized spacial score (nSPS) is 20.3. The minimum atomic E-state index is -3.56. The fourth-order valence-corrected chi connectivity index (χ4v) is 3.54. The number of carboxylic acids is 1. The Labute approximate surface area is 111 Å². The maximum atomic E-state index is 12.3. The van der Waals surface area contributed by atoms with Crippen LogP contribution < -0.4 is 0 Å². The summed E-state index contributed by atoms with van der Waals surface area (Å²) in [6.45, 7) is 2.10. The third kappa shape index (κ3) is 2.50. The number of nitrogens with zero attached hydrogens (tertiary/aromatic N) is 3. The van der Waals surface area contributed by atoms with Crippen LogP contribution in [0, 0.1) is 5.41 Å². The first-order chi connectivity index (χ1) is 8.75. The molecular weight excluding hydrogens is 270 g/mol. The molecule has 1 aliphatic heterocycles. The van der Waals surface area contributed by atoms with Gasteiger partial charge in [0.05, 0.1) is 11.6 Å². The van der Waals surface area contributed by atoms with Crippen molar-refractivity contribution in [1.29, 1.82) is 0 Å². The van der Waals surface area contributed by atoms with Gasteiger partial charge in [0.2, 0.25) is 10.0 Å². The number of hydrogen-bond acceptors (Lipinski definition) is 4. The summed E-state index contributed by atoms with van der Waals surface area (Å²) in [5.74, 6) is -0.870. The summed E-state index contributed by atoms with van der Waals surface area (Å²) < 4.78 is 27.4. The first-order valence-electron chi connectivity index (χ1n) is 5.98. The minimum Gasteiger partial charge on any atom is -0.481 e. The summed E-state index contributed by atoms with van der Waals surface area (Å²) in [5, 5.41) is 13.0. The first kappa shape index (κ1) is 14.0. The van der Waals surface area contributed by atoms with E-state index in [-0.39, 0.29) is 18.0 Å². The van der Waals surface area contributed by atoms with Crippen molar-refractivity contribution in [1.82, 2.24) is 14.1 Å². The van der Waals surface area contributed by atoms with E-state index in [1.54, 1.807) is 14.0 Å². The highest BCUT2D eigenvalue weighted by Crippen LogP contribution is 2.33. The molecule has 2 heterocycles. The predicted octanol–water partition coefficient (Wildman–Crippen LogP) is 0.295. The van der Waals surface area contributed by atoms with Crippen LogP contribution in [0.2, 0.25) is 0 Å². The van der Waals surface area contributed by atoms with Crippen LogP contribution >= 0.6 is 0 Å². The van der Waals surface area contributed by atoms with Gasteiger partial charge >= 0.3 is 5.97 Å². The average Bonchev–Trinajstić information content (AvgIpc) is 2.77. The molecule has 0 aromatic carbocycles. The number of carboxylic acid groups (broad SMARTS) is 1. The van der Waals surface area contributed by atoms with Crippen LogP contribution in [0.4, 0.5) is 0 Å². The van der Waals surface area contributed by atoms with Crippen LogP contribution in [0.15, 0.2) is 17.3 Å². The number of hydrogen-bond donors (Lipinski definition) is 1. The number of piperidine rings is 1. The van der Waals surface area contributed by atoms with Crippen molar-refractivity contribution in [2.24, 2.45) is 12.5 Å². The van der Waals surface area contributed by atoms with Gasteiger partial charge in [0.15, 0.2) is 0 Å². The summed E-state index contributed by atoms with van der Waals surface area (Å²) in [4.78, 5) is 11.3. The van der Waals surface area contributed by atoms with Gasteiger partial charge < -0.3 is 5.11 Å². The zero-order chi connectivity index (χ0) is 14.3. The summed E-state index contributed by atoms with van der Waals surface area (Å²) >= 11 is 0. The second kappa shape index (κ2) is 4.61. The highest BCUT2D eigenvalue weighted by atomic mass is 32.2. The van der Waals surface area contributed by atoms with E-state index in [9.17, 15) is 13.2 Å². The van der Waals surface area contributed by atoms with E-state index in [1.807, 2.05) is 0 Å². The molecule has 106 valence electrons. The van der Waals surface area contributed by atoms with Crippen molar-refractivity contribution >= 4 is 16.0 Å². The van der Waals surface area contributed by atoms with E-state index in [1.165, 1.54) is 21.4 Å². The third-order valence-corrected chi connectivity index (χ3v) is 5.51. The zero-order valence-electron chi connectivity index (χ0n) is 10.9. The topological polar surface area (TPSA) is 92.5 Å². The lowest BCUT2D eigenvalue weighted by Crippen LogP contribution is -2.45. The second-order valence-corrected chi connectivity index (χ2v) is 7.06. The molecule has 19 heavy (non-hydrogen) atoms. The van der Waals surface area contributed by atoms with E-state index in [0.29, 0.717) is 12.8 Å². The van der Waals surface area contributed by atoms with Crippen molar-refractivity contribution in [2.45, 2.75) is 24.7 Å². The van der Waals surface area contributed by atoms with E-state index in [0.717, 1.165) is 0 Å². The van der Waals surface area contributed by atoms with Crippen molar-refractivity contribution in [2.75, 3.05) is 13.1 Å². The largest absolute Gasteiger partial charge is 0.481 e. The molecule has 1 saturated heterocycles. The van der Waals surface area contributed by atoms with E-state index >= 15 is 0 Å². The number of sulfonamides is 1. The van der Waals surface area contributed by atoms with Gasteiger partial charge in [-0.25, -0.2) is 8.42 Å². The zero-order valence-corrected chi connectivity index (χ0v) is 11.7. The number of aliphatic carboxylic acids is 1. The van der Waals surface area contributed by atoms with Gasteiger partial charge in [0, 0.05) is 26.3 Å². The van der Waals surface area contributed by atoms with Gasteiger partial charge in [-0.15, -0.1) is 0 Å². The Kier molecular flexibility index (Phi) is 3.40. The molecule has 7 nitrogen and oxygen atoms in total. The van der Waals surface area contributed by atoms with Crippen molar-refractivity contribution in [3.63, 3.8) is 0 Å². The molecule has 0 radical (unpaired) electrons. The monoisotopic (exact) mass is 287 g/mol. The Hall–Kier alpha value is -1.41. The molecule has 0 amide bonds. The van der Waals surface area contributed by atoms with E-state index in [4.69, 9.17) is 5.11 Å². The van der Waals surface area contributed by atoms with Crippen LogP contribution in [0.5, 0.6) is 0 Å². The molecule has 0 atom stereocenters. The van der Waals surface area contributed by atoms with Crippen LogP contribution in [0.1, 0.15) is 19.8 Å². The number of aryl methyl sites for hydroxylation is 1.